The Morgan fingerprint density at radius 2 is 2.00 bits per heavy atom. The third kappa shape index (κ3) is 2.32. The minimum Gasteiger partial charge on any atom is -0.476 e. The summed E-state index contributed by atoms with van der Waals surface area (Å²) in [7, 11) is 0. The maximum atomic E-state index is 10.9. The molecule has 0 saturated carbocycles. The molecular formula is C11H9Cl2N3O2. The quantitative estimate of drug-likeness (QED) is 0.941. The number of hydrogen-bond acceptors (Lipinski definition) is 3. The fourth-order valence-corrected chi connectivity index (χ4v) is 2.06. The molecule has 1 heterocycles. The molecule has 0 atom stereocenters. The van der Waals surface area contributed by atoms with Crippen LogP contribution in [0.4, 0.5) is 0 Å². The average Bonchev–Trinajstić information content (AvgIpc) is 2.66. The summed E-state index contributed by atoms with van der Waals surface area (Å²) in [6, 6.07) is 5.17. The van der Waals surface area contributed by atoms with Crippen molar-refractivity contribution in [3.05, 3.63) is 45.2 Å². The first kappa shape index (κ1) is 12.9. The zero-order valence-electron chi connectivity index (χ0n) is 9.39. The van der Waals surface area contributed by atoms with Crippen molar-refractivity contribution in [3.63, 3.8) is 0 Å². The van der Waals surface area contributed by atoms with E-state index in [1.54, 1.807) is 25.1 Å². The molecule has 0 aliphatic carbocycles. The van der Waals surface area contributed by atoms with E-state index in [1.165, 1.54) is 4.68 Å². The van der Waals surface area contributed by atoms with Crippen molar-refractivity contribution in [2.75, 3.05) is 0 Å². The van der Waals surface area contributed by atoms with Gasteiger partial charge in [0.1, 0.15) is 0 Å². The van der Waals surface area contributed by atoms with Crippen LogP contribution in [-0.4, -0.2) is 26.1 Å². The Morgan fingerprint density at radius 1 is 1.39 bits per heavy atom. The van der Waals surface area contributed by atoms with E-state index in [0.717, 1.165) is 0 Å². The van der Waals surface area contributed by atoms with Crippen LogP contribution in [0.5, 0.6) is 0 Å². The molecule has 0 radical (unpaired) electrons. The van der Waals surface area contributed by atoms with Crippen molar-refractivity contribution in [2.24, 2.45) is 0 Å². The molecule has 1 N–H and O–H groups in total. The molecule has 2 aromatic rings. The third-order valence-corrected chi connectivity index (χ3v) is 3.26. The second-order valence-corrected chi connectivity index (χ2v) is 4.50. The van der Waals surface area contributed by atoms with Crippen molar-refractivity contribution in [1.29, 1.82) is 0 Å². The van der Waals surface area contributed by atoms with Gasteiger partial charge in [-0.2, -0.15) is 0 Å². The predicted octanol–water partition coefficient (Wildman–Crippen LogP) is 2.64. The number of aromatic nitrogens is 3. The molecule has 0 spiro atoms. The first-order chi connectivity index (χ1) is 8.50. The van der Waals surface area contributed by atoms with E-state index in [4.69, 9.17) is 28.3 Å². The first-order valence-corrected chi connectivity index (χ1v) is 5.82. The molecular weight excluding hydrogens is 277 g/mol. The number of carboxylic acids is 1. The second-order valence-electron chi connectivity index (χ2n) is 3.69. The van der Waals surface area contributed by atoms with Crippen LogP contribution in [0.3, 0.4) is 0 Å². The molecule has 0 bridgehead atoms. The van der Waals surface area contributed by atoms with Gasteiger partial charge in [0.2, 0.25) is 0 Å². The van der Waals surface area contributed by atoms with Gasteiger partial charge in [0.15, 0.2) is 5.69 Å². The Bertz CT molecular complexity index is 590. The molecule has 0 saturated heterocycles. The fraction of sp³-hybridized carbons (Fsp3) is 0.182. The molecule has 0 aliphatic rings. The summed E-state index contributed by atoms with van der Waals surface area (Å²) < 4.78 is 1.45. The molecule has 1 aromatic heterocycles. The Hall–Kier alpha value is -1.59. The number of benzene rings is 1. The first-order valence-electron chi connectivity index (χ1n) is 5.07. The number of halogens is 2. The van der Waals surface area contributed by atoms with Crippen molar-refractivity contribution >= 4 is 29.2 Å². The summed E-state index contributed by atoms with van der Waals surface area (Å²) in [6.45, 7) is 1.92. The molecule has 0 amide bonds. The number of carbonyl (C=O) groups is 1. The van der Waals surface area contributed by atoms with Gasteiger partial charge < -0.3 is 5.11 Å². The zero-order chi connectivity index (χ0) is 13.3. The van der Waals surface area contributed by atoms with Crippen molar-refractivity contribution in [3.8, 4) is 0 Å². The van der Waals surface area contributed by atoms with Gasteiger partial charge in [-0.25, -0.2) is 9.48 Å². The maximum Gasteiger partial charge on any atom is 0.358 e. The van der Waals surface area contributed by atoms with E-state index >= 15 is 0 Å². The van der Waals surface area contributed by atoms with E-state index in [2.05, 4.69) is 10.3 Å². The van der Waals surface area contributed by atoms with Gasteiger partial charge in [-0.3, -0.25) is 0 Å². The fourth-order valence-electron chi connectivity index (χ4n) is 1.54. The van der Waals surface area contributed by atoms with Crippen LogP contribution >= 0.6 is 23.2 Å². The number of carboxylic acid groups (broad SMARTS) is 1. The standard InChI is InChI=1S/C11H9Cl2N3O2/c1-6-10(11(17)18)14-15-16(6)5-7-8(12)3-2-4-9(7)13/h2-4H,5H2,1H3,(H,17,18). The van der Waals surface area contributed by atoms with E-state index in [1.807, 2.05) is 0 Å². The van der Waals surface area contributed by atoms with Crippen LogP contribution in [0.1, 0.15) is 21.7 Å². The van der Waals surface area contributed by atoms with Gasteiger partial charge in [-0.05, 0) is 19.1 Å². The zero-order valence-corrected chi connectivity index (χ0v) is 10.9. The molecule has 0 unspecified atom stereocenters. The van der Waals surface area contributed by atoms with Crippen LogP contribution in [0.15, 0.2) is 18.2 Å². The maximum absolute atomic E-state index is 10.9. The SMILES string of the molecule is Cc1c(C(=O)O)nnn1Cc1c(Cl)cccc1Cl. The highest BCUT2D eigenvalue weighted by molar-refractivity contribution is 6.35. The molecule has 5 nitrogen and oxygen atoms in total. The van der Waals surface area contributed by atoms with E-state index in [9.17, 15) is 4.79 Å². The topological polar surface area (TPSA) is 68.0 Å². The molecule has 0 aliphatic heterocycles. The largest absolute Gasteiger partial charge is 0.476 e. The van der Waals surface area contributed by atoms with E-state index in [-0.39, 0.29) is 12.2 Å². The number of aromatic carboxylic acids is 1. The molecule has 94 valence electrons. The minimum atomic E-state index is -1.11. The summed E-state index contributed by atoms with van der Waals surface area (Å²) in [5, 5.41) is 17.3. The van der Waals surface area contributed by atoms with Crippen molar-refractivity contribution in [2.45, 2.75) is 13.5 Å². The van der Waals surface area contributed by atoms with Gasteiger partial charge in [-0.1, -0.05) is 34.5 Å². The van der Waals surface area contributed by atoms with E-state index < -0.39 is 5.97 Å². The molecule has 18 heavy (non-hydrogen) atoms. The Balaban J connectivity index is 2.38. The van der Waals surface area contributed by atoms with Gasteiger partial charge >= 0.3 is 5.97 Å². The van der Waals surface area contributed by atoms with Crippen LogP contribution in [0.2, 0.25) is 10.0 Å². The third-order valence-electron chi connectivity index (χ3n) is 2.55. The number of rotatable bonds is 3. The summed E-state index contributed by atoms with van der Waals surface area (Å²) in [4.78, 5) is 10.9. The van der Waals surface area contributed by atoms with E-state index in [0.29, 0.717) is 21.3 Å². The number of hydrogen-bond donors (Lipinski definition) is 1. The number of nitrogens with zero attached hydrogens (tertiary/aromatic N) is 3. The van der Waals surface area contributed by atoms with Crippen molar-refractivity contribution < 1.29 is 9.90 Å². The minimum absolute atomic E-state index is 0.0711. The Kier molecular flexibility index (Phi) is 3.54. The lowest BCUT2D eigenvalue weighted by molar-refractivity contribution is 0.0689. The summed E-state index contributed by atoms with van der Waals surface area (Å²) >= 11 is 12.1. The lowest BCUT2D eigenvalue weighted by Gasteiger charge is -2.07. The van der Waals surface area contributed by atoms with Crippen LogP contribution in [-0.2, 0) is 6.54 Å². The van der Waals surface area contributed by atoms with Crippen LogP contribution in [0.25, 0.3) is 0 Å². The summed E-state index contributed by atoms with van der Waals surface area (Å²) in [5.74, 6) is -1.11. The smallest absolute Gasteiger partial charge is 0.358 e. The normalized spacial score (nSPS) is 10.6. The Labute approximate surface area is 113 Å². The van der Waals surface area contributed by atoms with Gasteiger partial charge in [0.05, 0.1) is 12.2 Å². The molecule has 7 heteroatoms. The van der Waals surface area contributed by atoms with Crippen LogP contribution in [0, 0.1) is 6.92 Å². The van der Waals surface area contributed by atoms with Crippen molar-refractivity contribution in [1.82, 2.24) is 15.0 Å². The molecule has 0 fully saturated rings. The predicted molar refractivity (Wildman–Crippen MR) is 67.3 cm³/mol. The summed E-state index contributed by atoms with van der Waals surface area (Å²) in [5.41, 5.74) is 1.07. The monoisotopic (exact) mass is 285 g/mol. The lowest BCUT2D eigenvalue weighted by Crippen LogP contribution is -2.06. The van der Waals surface area contributed by atoms with Gasteiger partial charge in [-0.15, -0.1) is 5.10 Å². The highest BCUT2D eigenvalue weighted by atomic mass is 35.5. The molecule has 1 aromatic carbocycles. The Morgan fingerprint density at radius 3 is 2.50 bits per heavy atom. The molecule has 2 rings (SSSR count). The second kappa shape index (κ2) is 4.96. The highest BCUT2D eigenvalue weighted by Crippen LogP contribution is 2.25. The highest BCUT2D eigenvalue weighted by Gasteiger charge is 2.16. The average molecular weight is 286 g/mol. The van der Waals surface area contributed by atoms with Crippen LogP contribution < -0.4 is 0 Å². The van der Waals surface area contributed by atoms with Gasteiger partial charge in [0, 0.05) is 15.6 Å². The summed E-state index contributed by atoms with van der Waals surface area (Å²) in [6.07, 6.45) is 0. The lowest BCUT2D eigenvalue weighted by atomic mass is 10.2. The van der Waals surface area contributed by atoms with Gasteiger partial charge in [0.25, 0.3) is 0 Å².